The molecule has 1 aliphatic heterocycles. The second kappa shape index (κ2) is 11.2. The Kier molecular flexibility index (Phi) is 8.10. The first-order valence-corrected chi connectivity index (χ1v) is 10.7. The molecule has 2 N–H and O–H groups in total. The van der Waals surface area contributed by atoms with Crippen molar-refractivity contribution in [2.75, 3.05) is 6.61 Å². The molecule has 2 aromatic carbocycles. The van der Waals surface area contributed by atoms with Crippen molar-refractivity contribution in [2.45, 2.75) is 51.6 Å². The molecule has 164 valence electrons. The maximum absolute atomic E-state index is 13.2. The standard InChI is InChI=1S/C25H29NO5/c1-2-30-26-20-13-9-4-3-5-10-14-23(18-11-7-6-8-12-18)31-25(29)24-19(15-20)16-21(27)17-22(24)28/h5-8,10-12,16-17,23,27-28H,2-4,9,13-15H2,1H3. The number of phenols is 2. The fourth-order valence-electron chi connectivity index (χ4n) is 3.62. The number of phenolic OH excluding ortho intramolecular Hbond substituents is 2. The number of ether oxygens (including phenoxy) is 1. The second-order valence-electron chi connectivity index (χ2n) is 7.51. The van der Waals surface area contributed by atoms with Crippen LogP contribution in [0.15, 0.2) is 59.8 Å². The van der Waals surface area contributed by atoms with E-state index in [1.54, 1.807) is 0 Å². The summed E-state index contributed by atoms with van der Waals surface area (Å²) in [5, 5.41) is 24.7. The molecule has 1 unspecified atom stereocenters. The number of fused-ring (bicyclic) bond motifs is 1. The van der Waals surface area contributed by atoms with Crippen LogP contribution in [0.4, 0.5) is 0 Å². The topological polar surface area (TPSA) is 88.4 Å². The van der Waals surface area contributed by atoms with Crippen LogP contribution in [0.3, 0.4) is 0 Å². The average Bonchev–Trinajstić information content (AvgIpc) is 2.75. The number of nitrogens with zero attached hydrogens (tertiary/aromatic N) is 1. The van der Waals surface area contributed by atoms with Gasteiger partial charge in [-0.05, 0) is 49.8 Å². The normalized spacial score (nSPS) is 19.3. The molecule has 0 amide bonds. The van der Waals surface area contributed by atoms with Crippen molar-refractivity contribution in [3.05, 3.63) is 71.3 Å². The van der Waals surface area contributed by atoms with E-state index in [2.05, 4.69) is 11.2 Å². The highest BCUT2D eigenvalue weighted by atomic mass is 16.6. The minimum atomic E-state index is -0.637. The number of aromatic hydroxyl groups is 2. The summed E-state index contributed by atoms with van der Waals surface area (Å²) in [6.45, 7) is 2.29. The first kappa shape index (κ1) is 22.4. The first-order valence-electron chi connectivity index (χ1n) is 10.7. The Balaban J connectivity index is 2.00. The molecule has 0 aromatic heterocycles. The third-order valence-corrected chi connectivity index (χ3v) is 5.13. The van der Waals surface area contributed by atoms with Gasteiger partial charge >= 0.3 is 5.97 Å². The zero-order chi connectivity index (χ0) is 22.1. The Labute approximate surface area is 182 Å². The van der Waals surface area contributed by atoms with Crippen LogP contribution in [0, 0.1) is 0 Å². The highest BCUT2D eigenvalue weighted by molar-refractivity contribution is 5.97. The molecule has 1 heterocycles. The van der Waals surface area contributed by atoms with Gasteiger partial charge in [0.2, 0.25) is 0 Å². The van der Waals surface area contributed by atoms with Crippen LogP contribution in [0.2, 0.25) is 0 Å². The third kappa shape index (κ3) is 6.35. The van der Waals surface area contributed by atoms with Gasteiger partial charge in [0.25, 0.3) is 0 Å². The zero-order valence-corrected chi connectivity index (χ0v) is 17.8. The number of benzene rings is 2. The van der Waals surface area contributed by atoms with Crippen molar-refractivity contribution >= 4 is 11.7 Å². The molecular formula is C25H29NO5. The minimum Gasteiger partial charge on any atom is -0.508 e. The fourth-order valence-corrected chi connectivity index (χ4v) is 3.62. The van der Waals surface area contributed by atoms with Crippen LogP contribution in [0.1, 0.15) is 66.6 Å². The van der Waals surface area contributed by atoms with Gasteiger partial charge in [-0.3, -0.25) is 0 Å². The largest absolute Gasteiger partial charge is 0.508 e. The SMILES string of the molecule is CCON=C1CCCCC=CCC(c2ccccc2)OC(=O)c2c(O)cc(O)cc2C1. The second-order valence-corrected chi connectivity index (χ2v) is 7.51. The Morgan fingerprint density at radius 3 is 2.71 bits per heavy atom. The predicted molar refractivity (Wildman–Crippen MR) is 119 cm³/mol. The van der Waals surface area contributed by atoms with Gasteiger partial charge in [-0.2, -0.15) is 0 Å². The van der Waals surface area contributed by atoms with Gasteiger partial charge in [0.05, 0.1) is 5.71 Å². The van der Waals surface area contributed by atoms with Crippen molar-refractivity contribution < 1.29 is 24.6 Å². The number of oxime groups is 1. The smallest absolute Gasteiger partial charge is 0.342 e. The third-order valence-electron chi connectivity index (χ3n) is 5.13. The number of cyclic esters (lactones) is 1. The Morgan fingerprint density at radius 1 is 1.13 bits per heavy atom. The van der Waals surface area contributed by atoms with Gasteiger partial charge in [0.1, 0.15) is 29.8 Å². The minimum absolute atomic E-state index is 0.0453. The van der Waals surface area contributed by atoms with E-state index < -0.39 is 12.1 Å². The number of hydrogen-bond acceptors (Lipinski definition) is 6. The van der Waals surface area contributed by atoms with Crippen molar-refractivity contribution in [1.29, 1.82) is 0 Å². The van der Waals surface area contributed by atoms with Gasteiger partial charge in [0, 0.05) is 18.9 Å². The van der Waals surface area contributed by atoms with E-state index in [1.807, 2.05) is 43.3 Å². The highest BCUT2D eigenvalue weighted by Crippen LogP contribution is 2.32. The average molecular weight is 424 g/mol. The molecule has 6 heteroatoms. The lowest BCUT2D eigenvalue weighted by molar-refractivity contribution is 0.0299. The van der Waals surface area contributed by atoms with Crippen LogP contribution >= 0.6 is 0 Å². The van der Waals surface area contributed by atoms with Crippen molar-refractivity contribution in [3.63, 3.8) is 0 Å². The fraction of sp³-hybridized carbons (Fsp3) is 0.360. The zero-order valence-electron chi connectivity index (χ0n) is 17.8. The summed E-state index contributed by atoms with van der Waals surface area (Å²) in [4.78, 5) is 18.4. The van der Waals surface area contributed by atoms with Crippen molar-refractivity contribution in [2.24, 2.45) is 5.16 Å². The van der Waals surface area contributed by atoms with E-state index in [1.165, 1.54) is 6.07 Å². The van der Waals surface area contributed by atoms with Crippen LogP contribution in [0.5, 0.6) is 11.5 Å². The summed E-state index contributed by atoms with van der Waals surface area (Å²) in [6, 6.07) is 12.2. The van der Waals surface area contributed by atoms with Crippen LogP contribution in [0.25, 0.3) is 0 Å². The molecule has 31 heavy (non-hydrogen) atoms. The number of esters is 1. The number of hydrogen-bond donors (Lipinski definition) is 2. The van der Waals surface area contributed by atoms with Crippen LogP contribution in [-0.4, -0.2) is 28.5 Å². The molecule has 6 nitrogen and oxygen atoms in total. The molecule has 0 radical (unpaired) electrons. The monoisotopic (exact) mass is 423 g/mol. The number of rotatable bonds is 3. The summed E-state index contributed by atoms with van der Waals surface area (Å²) in [5.74, 6) is -1.07. The van der Waals surface area contributed by atoms with E-state index in [9.17, 15) is 15.0 Å². The van der Waals surface area contributed by atoms with E-state index in [4.69, 9.17) is 9.57 Å². The van der Waals surface area contributed by atoms with Crippen molar-refractivity contribution in [1.82, 2.24) is 0 Å². The summed E-state index contributed by atoms with van der Waals surface area (Å²) >= 11 is 0. The lowest BCUT2D eigenvalue weighted by atomic mass is 9.97. The molecule has 2 aromatic rings. The molecule has 1 atom stereocenters. The molecular weight excluding hydrogens is 394 g/mol. The lowest BCUT2D eigenvalue weighted by Gasteiger charge is -2.19. The Hall–Kier alpha value is -3.28. The van der Waals surface area contributed by atoms with Gasteiger partial charge in [0.15, 0.2) is 0 Å². The lowest BCUT2D eigenvalue weighted by Crippen LogP contribution is -2.16. The maximum atomic E-state index is 13.2. The predicted octanol–water partition coefficient (Wildman–Crippen LogP) is 5.45. The molecule has 0 bridgehead atoms. The molecule has 0 spiro atoms. The molecule has 0 saturated carbocycles. The van der Waals surface area contributed by atoms with E-state index in [0.717, 1.165) is 36.6 Å². The molecule has 0 aliphatic carbocycles. The summed E-state index contributed by atoms with van der Waals surface area (Å²) in [5.41, 5.74) is 2.14. The molecule has 0 fully saturated rings. The number of carbonyl (C=O) groups excluding carboxylic acids is 1. The van der Waals surface area contributed by atoms with E-state index in [0.29, 0.717) is 25.0 Å². The van der Waals surface area contributed by atoms with Gasteiger partial charge in [-0.1, -0.05) is 47.6 Å². The first-order chi connectivity index (χ1) is 15.1. The van der Waals surface area contributed by atoms with Gasteiger partial charge < -0.3 is 19.8 Å². The van der Waals surface area contributed by atoms with E-state index >= 15 is 0 Å². The molecule has 1 aliphatic rings. The van der Waals surface area contributed by atoms with Gasteiger partial charge in [-0.15, -0.1) is 0 Å². The highest BCUT2D eigenvalue weighted by Gasteiger charge is 2.24. The Morgan fingerprint density at radius 2 is 1.94 bits per heavy atom. The Bertz CT molecular complexity index is 936. The summed E-state index contributed by atoms with van der Waals surface area (Å²) < 4.78 is 5.84. The number of carbonyl (C=O) groups is 1. The summed E-state index contributed by atoms with van der Waals surface area (Å²) in [7, 11) is 0. The quantitative estimate of drug-likeness (QED) is 0.389. The van der Waals surface area contributed by atoms with Crippen LogP contribution < -0.4 is 0 Å². The number of allylic oxidation sites excluding steroid dienone is 1. The van der Waals surface area contributed by atoms with Gasteiger partial charge in [-0.25, -0.2) is 4.79 Å². The molecule has 0 saturated heterocycles. The van der Waals surface area contributed by atoms with Crippen molar-refractivity contribution in [3.8, 4) is 11.5 Å². The van der Waals surface area contributed by atoms with Crippen LogP contribution in [-0.2, 0) is 16.0 Å². The molecule has 3 rings (SSSR count). The van der Waals surface area contributed by atoms with E-state index in [-0.39, 0.29) is 23.5 Å². The summed E-state index contributed by atoms with van der Waals surface area (Å²) in [6.07, 6.45) is 8.02. The maximum Gasteiger partial charge on any atom is 0.342 e.